The third-order valence-corrected chi connectivity index (χ3v) is 9.37. The fourth-order valence-corrected chi connectivity index (χ4v) is 7.03. The van der Waals surface area contributed by atoms with Gasteiger partial charge in [-0.25, -0.2) is 15.0 Å². The van der Waals surface area contributed by atoms with Crippen LogP contribution in [0.2, 0.25) is 0 Å². The van der Waals surface area contributed by atoms with E-state index in [1.54, 1.807) is 0 Å². The summed E-state index contributed by atoms with van der Waals surface area (Å²) in [6, 6.07) is 45.7. The third kappa shape index (κ3) is 4.53. The standard InChI is InChI=1S/C43H28N4O2/c1-3-12-28(13-4-1)41-44-42(29-14-5-2-6-15-29)46-43(45-41)30-19-22-31(23-20-30)47-38-32-16-8-7-11-27(32)21-24-33(38)34-25-26-37-40(39(34)47)49-36-18-10-9-17-35(36)48-37/h1-17,19-26,36H,18H2. The summed E-state index contributed by atoms with van der Waals surface area (Å²) in [6.07, 6.45) is 6.76. The first-order valence-corrected chi connectivity index (χ1v) is 16.5. The quantitative estimate of drug-likeness (QED) is 0.193. The van der Waals surface area contributed by atoms with Crippen molar-refractivity contribution in [3.63, 3.8) is 0 Å². The molecule has 0 saturated carbocycles. The van der Waals surface area contributed by atoms with Crippen LogP contribution in [0.25, 0.3) is 72.4 Å². The SMILES string of the molecule is C1=CCC2Oc3c(ccc4c5ccc6ccccc6c5n(-c5ccc(-c6nc(-c7ccccc7)nc(-c7ccccc7)n6)cc5)c34)OC2=C1. The first-order valence-electron chi connectivity index (χ1n) is 16.5. The highest BCUT2D eigenvalue weighted by molar-refractivity contribution is 6.20. The Labute approximate surface area is 282 Å². The molecule has 0 N–H and O–H groups in total. The zero-order valence-electron chi connectivity index (χ0n) is 26.3. The highest BCUT2D eigenvalue weighted by Gasteiger charge is 2.31. The van der Waals surface area contributed by atoms with Crippen LogP contribution in [0.5, 0.6) is 11.5 Å². The summed E-state index contributed by atoms with van der Waals surface area (Å²) >= 11 is 0. The Kier molecular flexibility index (Phi) is 6.21. The molecular weight excluding hydrogens is 604 g/mol. The summed E-state index contributed by atoms with van der Waals surface area (Å²) in [5.41, 5.74) is 5.90. The Balaban J connectivity index is 1.18. The molecule has 0 spiro atoms. The summed E-state index contributed by atoms with van der Waals surface area (Å²) in [5.74, 6) is 4.22. The van der Waals surface area contributed by atoms with Crippen molar-refractivity contribution in [3.8, 4) is 51.3 Å². The van der Waals surface area contributed by atoms with E-state index >= 15 is 0 Å². The van der Waals surface area contributed by atoms with Crippen molar-refractivity contribution >= 4 is 32.6 Å². The van der Waals surface area contributed by atoms with Gasteiger partial charge in [-0.05, 0) is 47.9 Å². The smallest absolute Gasteiger partial charge is 0.187 e. The molecule has 6 aromatic carbocycles. The maximum atomic E-state index is 6.76. The van der Waals surface area contributed by atoms with E-state index in [2.05, 4.69) is 77.4 Å². The molecule has 2 aliphatic rings. The Hall–Kier alpha value is -6.53. The van der Waals surface area contributed by atoms with Crippen molar-refractivity contribution in [1.82, 2.24) is 19.5 Å². The van der Waals surface area contributed by atoms with E-state index < -0.39 is 0 Å². The zero-order valence-corrected chi connectivity index (χ0v) is 26.3. The number of rotatable bonds is 4. The van der Waals surface area contributed by atoms with Crippen molar-refractivity contribution in [2.75, 3.05) is 0 Å². The Morgan fingerprint density at radius 1 is 0.551 bits per heavy atom. The highest BCUT2D eigenvalue weighted by atomic mass is 16.6. The number of aromatic nitrogens is 4. The lowest BCUT2D eigenvalue weighted by molar-refractivity contribution is 0.149. The van der Waals surface area contributed by atoms with Gasteiger partial charge in [0.15, 0.2) is 35.1 Å². The average Bonchev–Trinajstić information content (AvgIpc) is 3.53. The summed E-state index contributed by atoms with van der Waals surface area (Å²) in [4.78, 5) is 14.8. The highest BCUT2D eigenvalue weighted by Crippen LogP contribution is 2.48. The molecule has 1 unspecified atom stereocenters. The van der Waals surface area contributed by atoms with Crippen LogP contribution in [0.3, 0.4) is 0 Å². The van der Waals surface area contributed by atoms with Gasteiger partial charge in [0.2, 0.25) is 0 Å². The molecule has 10 rings (SSSR count). The Morgan fingerprint density at radius 3 is 1.88 bits per heavy atom. The van der Waals surface area contributed by atoms with E-state index in [4.69, 9.17) is 24.4 Å². The first-order chi connectivity index (χ1) is 24.3. The van der Waals surface area contributed by atoms with Crippen molar-refractivity contribution in [2.45, 2.75) is 12.5 Å². The number of ether oxygens (including phenoxy) is 2. The van der Waals surface area contributed by atoms with E-state index in [-0.39, 0.29) is 6.10 Å². The first kappa shape index (κ1) is 27.6. The minimum absolute atomic E-state index is 0.157. The fraction of sp³-hybridized carbons (Fsp3) is 0.0465. The fourth-order valence-electron chi connectivity index (χ4n) is 7.03. The van der Waals surface area contributed by atoms with Gasteiger partial charge in [-0.15, -0.1) is 0 Å². The molecule has 232 valence electrons. The molecule has 0 saturated heterocycles. The molecule has 1 aliphatic heterocycles. The summed E-state index contributed by atoms with van der Waals surface area (Å²) in [7, 11) is 0. The van der Waals surface area contributed by atoms with E-state index in [9.17, 15) is 0 Å². The molecule has 6 nitrogen and oxygen atoms in total. The molecule has 1 aliphatic carbocycles. The van der Waals surface area contributed by atoms with Crippen LogP contribution in [0.4, 0.5) is 0 Å². The van der Waals surface area contributed by atoms with Crippen molar-refractivity contribution in [2.24, 2.45) is 0 Å². The summed E-state index contributed by atoms with van der Waals surface area (Å²) in [5, 5.41) is 4.62. The Bertz CT molecular complexity index is 2570. The monoisotopic (exact) mass is 632 g/mol. The number of benzene rings is 6. The second-order valence-electron chi connectivity index (χ2n) is 12.3. The third-order valence-electron chi connectivity index (χ3n) is 9.37. The van der Waals surface area contributed by atoms with Gasteiger partial charge in [0.1, 0.15) is 11.3 Å². The molecule has 0 fully saturated rings. The van der Waals surface area contributed by atoms with Crippen LogP contribution in [-0.4, -0.2) is 25.6 Å². The van der Waals surface area contributed by atoms with Gasteiger partial charge >= 0.3 is 0 Å². The van der Waals surface area contributed by atoms with E-state index in [1.807, 2.05) is 78.9 Å². The molecule has 2 aromatic heterocycles. The molecule has 6 heteroatoms. The molecule has 0 bridgehead atoms. The number of nitrogens with zero attached hydrogens (tertiary/aromatic N) is 4. The van der Waals surface area contributed by atoms with Gasteiger partial charge in [-0.2, -0.15) is 0 Å². The lowest BCUT2D eigenvalue weighted by Gasteiger charge is -2.30. The summed E-state index contributed by atoms with van der Waals surface area (Å²) in [6.45, 7) is 0. The maximum absolute atomic E-state index is 6.76. The minimum atomic E-state index is -0.157. The largest absolute Gasteiger partial charge is 0.476 e. The topological polar surface area (TPSA) is 62.1 Å². The lowest BCUT2D eigenvalue weighted by Crippen LogP contribution is -2.28. The van der Waals surface area contributed by atoms with Crippen LogP contribution in [0.15, 0.2) is 157 Å². The van der Waals surface area contributed by atoms with Gasteiger partial charge in [0.05, 0.1) is 5.52 Å². The summed E-state index contributed by atoms with van der Waals surface area (Å²) < 4.78 is 15.5. The second kappa shape index (κ2) is 11.0. The predicted molar refractivity (Wildman–Crippen MR) is 195 cm³/mol. The molecule has 3 heterocycles. The van der Waals surface area contributed by atoms with Gasteiger partial charge in [-0.3, -0.25) is 0 Å². The van der Waals surface area contributed by atoms with E-state index in [1.165, 1.54) is 10.8 Å². The van der Waals surface area contributed by atoms with E-state index in [0.717, 1.165) is 67.9 Å². The number of hydrogen-bond acceptors (Lipinski definition) is 5. The van der Waals surface area contributed by atoms with Gasteiger partial charge in [0.25, 0.3) is 0 Å². The molecule has 1 atom stereocenters. The van der Waals surface area contributed by atoms with Gasteiger partial charge in [0, 0.05) is 45.0 Å². The Morgan fingerprint density at radius 2 is 1.16 bits per heavy atom. The molecule has 0 amide bonds. The molecule has 8 aromatic rings. The van der Waals surface area contributed by atoms with Crippen LogP contribution in [-0.2, 0) is 0 Å². The number of hydrogen-bond donors (Lipinski definition) is 0. The zero-order chi connectivity index (χ0) is 32.3. The van der Waals surface area contributed by atoms with Crippen molar-refractivity contribution in [1.29, 1.82) is 0 Å². The van der Waals surface area contributed by atoms with Crippen LogP contribution >= 0.6 is 0 Å². The average molecular weight is 633 g/mol. The minimum Gasteiger partial charge on any atom is -0.476 e. The molecule has 49 heavy (non-hydrogen) atoms. The van der Waals surface area contributed by atoms with Crippen LogP contribution in [0.1, 0.15) is 6.42 Å². The number of fused-ring (bicyclic) bond motifs is 8. The predicted octanol–water partition coefficient (Wildman–Crippen LogP) is 10.1. The lowest BCUT2D eigenvalue weighted by atomic mass is 10.0. The van der Waals surface area contributed by atoms with Crippen LogP contribution in [0, 0.1) is 0 Å². The molecular formula is C43H28N4O2. The van der Waals surface area contributed by atoms with Crippen molar-refractivity contribution in [3.05, 3.63) is 157 Å². The number of allylic oxidation sites excluding steroid dienone is 2. The van der Waals surface area contributed by atoms with Gasteiger partial charge < -0.3 is 14.0 Å². The normalized spacial score (nSPS) is 15.0. The maximum Gasteiger partial charge on any atom is 0.187 e. The van der Waals surface area contributed by atoms with Crippen molar-refractivity contribution < 1.29 is 9.47 Å². The second-order valence-corrected chi connectivity index (χ2v) is 12.3. The molecule has 0 radical (unpaired) electrons. The van der Waals surface area contributed by atoms with E-state index in [0.29, 0.717) is 17.5 Å². The van der Waals surface area contributed by atoms with Gasteiger partial charge in [-0.1, -0.05) is 109 Å². The van der Waals surface area contributed by atoms with Crippen LogP contribution < -0.4 is 9.47 Å².